The highest BCUT2D eigenvalue weighted by Gasteiger charge is 2.56. The van der Waals surface area contributed by atoms with Crippen LogP contribution in [-0.4, -0.2) is 142 Å². The Morgan fingerprint density at radius 2 is 2.00 bits per heavy atom. The number of aromatic nitrogens is 2. The molecule has 4 aliphatic heterocycles. The van der Waals surface area contributed by atoms with Gasteiger partial charge in [0.2, 0.25) is 11.5 Å². The van der Waals surface area contributed by atoms with Gasteiger partial charge in [0.05, 0.1) is 32.4 Å². The van der Waals surface area contributed by atoms with Crippen LogP contribution in [0.3, 0.4) is 0 Å². The normalized spacial score (nSPS) is 25.3. The van der Waals surface area contributed by atoms with Crippen molar-refractivity contribution < 1.29 is 53.8 Å². The second-order valence-corrected chi connectivity index (χ2v) is 14.3. The first-order valence-electron chi connectivity index (χ1n) is 15.4. The Balaban J connectivity index is 1.18. The third-order valence-corrected chi connectivity index (χ3v) is 11.4. The van der Waals surface area contributed by atoms with Crippen LogP contribution in [0.25, 0.3) is 0 Å². The monoisotopic (exact) mass is 733 g/mol. The summed E-state index contributed by atoms with van der Waals surface area (Å²) < 4.78 is 0.913. The molecule has 0 radical (unpaired) electrons. The molecule has 0 saturated carbocycles. The number of carboxylic acid groups (broad SMARTS) is 2. The average molecular weight is 734 g/mol. The lowest BCUT2D eigenvalue weighted by Crippen LogP contribution is -2.71. The Kier molecular flexibility index (Phi) is 9.22. The molecule has 0 bridgehead atoms. The van der Waals surface area contributed by atoms with Gasteiger partial charge in [-0.1, -0.05) is 5.16 Å². The number of rotatable bonds is 10. The summed E-state index contributed by atoms with van der Waals surface area (Å²) in [6.07, 6.45) is 0.936. The number of pyridine rings is 1. The number of hydrogen-bond acceptors (Lipinski definition) is 14. The molecule has 2 aromatic heterocycles. The van der Waals surface area contributed by atoms with Gasteiger partial charge in [0, 0.05) is 35.6 Å². The van der Waals surface area contributed by atoms with Gasteiger partial charge in [-0.2, -0.15) is 4.73 Å². The summed E-state index contributed by atoms with van der Waals surface area (Å²) in [5.41, 5.74) is 4.59. The lowest BCUT2D eigenvalue weighted by molar-refractivity contribution is -0.938. The Labute approximate surface area is 290 Å². The van der Waals surface area contributed by atoms with Crippen molar-refractivity contribution in [3.05, 3.63) is 50.5 Å². The molecule has 266 valence electrons. The first-order chi connectivity index (χ1) is 23.7. The number of thiazole rings is 1. The lowest BCUT2D eigenvalue weighted by Gasteiger charge is -2.51. The molecule has 3 amide bonds. The van der Waals surface area contributed by atoms with E-state index in [9.17, 15) is 44.2 Å². The zero-order chi connectivity index (χ0) is 36.1. The molecular weight excluding hydrogens is 700 g/mol. The number of aromatic hydroxyl groups is 1. The summed E-state index contributed by atoms with van der Waals surface area (Å²) in [5, 5.41) is 46.2. The van der Waals surface area contributed by atoms with Gasteiger partial charge in [0.25, 0.3) is 17.7 Å². The summed E-state index contributed by atoms with van der Waals surface area (Å²) in [6.45, 7) is 3.27. The van der Waals surface area contributed by atoms with E-state index in [1.807, 2.05) is 0 Å². The van der Waals surface area contributed by atoms with Crippen LogP contribution >= 0.6 is 23.1 Å². The molecular formula is C29H33N8O11S2+. The van der Waals surface area contributed by atoms with Crippen LogP contribution in [0.4, 0.5) is 5.13 Å². The zero-order valence-corrected chi connectivity index (χ0v) is 28.1. The van der Waals surface area contributed by atoms with Crippen LogP contribution in [0.1, 0.15) is 35.9 Å². The molecule has 3 fully saturated rings. The van der Waals surface area contributed by atoms with Gasteiger partial charge in [-0.15, -0.1) is 23.1 Å². The number of nitrogens with one attached hydrogen (secondary N) is 1. The number of carbonyl (C=O) groups excluding carboxylic acids is 3. The highest BCUT2D eigenvalue weighted by atomic mass is 32.2. The number of quaternary nitrogens is 1. The number of β-lactam (4-membered cyclic amide) rings is 1. The molecule has 6 heterocycles. The Bertz CT molecular complexity index is 1910. The van der Waals surface area contributed by atoms with E-state index in [2.05, 4.69) is 15.5 Å². The smallest absolute Gasteiger partial charge is 0.352 e. The number of anilines is 1. The van der Waals surface area contributed by atoms with E-state index >= 15 is 0 Å². The van der Waals surface area contributed by atoms with E-state index in [1.165, 1.54) is 29.0 Å². The van der Waals surface area contributed by atoms with Crippen LogP contribution in [0.2, 0.25) is 0 Å². The van der Waals surface area contributed by atoms with Gasteiger partial charge in [-0.05, 0) is 6.92 Å². The maximum Gasteiger partial charge on any atom is 0.352 e. The van der Waals surface area contributed by atoms with Crippen molar-refractivity contribution in [1.82, 2.24) is 24.8 Å². The second-order valence-electron chi connectivity index (χ2n) is 12.3. The van der Waals surface area contributed by atoms with Gasteiger partial charge in [0.15, 0.2) is 16.6 Å². The van der Waals surface area contributed by atoms with E-state index in [0.717, 1.165) is 47.9 Å². The molecule has 0 unspecified atom stereocenters. The summed E-state index contributed by atoms with van der Waals surface area (Å²) in [7, 11) is 0. The van der Waals surface area contributed by atoms with Gasteiger partial charge in [-0.25, -0.2) is 14.6 Å². The molecule has 0 spiro atoms. The van der Waals surface area contributed by atoms with E-state index in [1.54, 1.807) is 0 Å². The first-order valence-corrected chi connectivity index (χ1v) is 17.3. The lowest BCUT2D eigenvalue weighted by atomic mass is 10.0. The number of carbonyl (C=O) groups is 5. The van der Waals surface area contributed by atoms with E-state index in [4.69, 9.17) is 15.7 Å². The quantitative estimate of drug-likeness (QED) is 0.0557. The first kappa shape index (κ1) is 34.7. The van der Waals surface area contributed by atoms with E-state index < -0.39 is 64.1 Å². The number of nitrogens with two attached hydrogens (primary N) is 1. The van der Waals surface area contributed by atoms with Crippen molar-refractivity contribution in [3.63, 3.8) is 0 Å². The average Bonchev–Trinajstić information content (AvgIpc) is 3.69. The predicted molar refractivity (Wildman–Crippen MR) is 174 cm³/mol. The fraction of sp³-hybridized carbons (Fsp3) is 0.448. The number of amides is 3. The fourth-order valence-corrected chi connectivity index (χ4v) is 8.68. The minimum atomic E-state index is -1.39. The van der Waals surface area contributed by atoms with Crippen molar-refractivity contribution in [2.45, 2.75) is 43.3 Å². The van der Waals surface area contributed by atoms with E-state index in [0.29, 0.717) is 34.4 Å². The van der Waals surface area contributed by atoms with Gasteiger partial charge >= 0.3 is 11.9 Å². The summed E-state index contributed by atoms with van der Waals surface area (Å²) in [5.74, 6) is -5.19. The number of oxime groups is 1. The Morgan fingerprint density at radius 1 is 1.24 bits per heavy atom. The van der Waals surface area contributed by atoms with Crippen LogP contribution in [0, 0.1) is 0 Å². The van der Waals surface area contributed by atoms with Crippen LogP contribution < -0.4 is 16.5 Å². The van der Waals surface area contributed by atoms with Crippen LogP contribution in [-0.2, 0) is 24.0 Å². The zero-order valence-electron chi connectivity index (χ0n) is 26.4. The standard InChI is InChI=1S/C29H32N8O11S2/c1-13(27(43)44)48-33-20(16-12-50-29(30)31-16)23(40)32-21-25(42)36-22(28(45)46)14(11-49-26(21)36)10-37-5-2-3-15(37)8-34(4-6-37)24(41)17-7-18(38)19(39)9-35(17)47/h7,9,12-13,15,21,26,47H,2-6,8,10-11H2,1H3,(H5-,30,31,32,39,40,43,44,45,46)/p+1/b33-20-/t13-,15-,21+,26+,37+/m0/s1. The van der Waals surface area contributed by atoms with Gasteiger partial charge in [-0.3, -0.25) is 24.1 Å². The Hall–Kier alpha value is -5.15. The highest BCUT2D eigenvalue weighted by molar-refractivity contribution is 8.00. The highest BCUT2D eigenvalue weighted by Crippen LogP contribution is 2.42. The van der Waals surface area contributed by atoms with Crippen LogP contribution in [0.5, 0.6) is 5.75 Å². The minimum Gasteiger partial charge on any atom is -0.503 e. The van der Waals surface area contributed by atoms with Crippen molar-refractivity contribution in [2.24, 2.45) is 5.16 Å². The SMILES string of the molecule is C[C@H](O/N=C(\C(=O)N[C@@H]1C(=O)N2C(C(=O)O)=C(C[N@+]34CCC[C@H]3CN(C(=O)c3cc(=O)c(O)cn3O)CC4)CS[C@H]12)c1csc(N)n1)C(=O)O. The molecule has 2 aromatic rings. The summed E-state index contributed by atoms with van der Waals surface area (Å²) >= 11 is 2.29. The van der Waals surface area contributed by atoms with Gasteiger partial charge in [0.1, 0.15) is 41.1 Å². The number of nitrogen functional groups attached to an aromatic ring is 1. The topological polar surface area (TPSA) is 267 Å². The molecule has 5 atom stereocenters. The maximum absolute atomic E-state index is 13.5. The number of fused-ring (bicyclic) bond motifs is 2. The molecule has 0 aromatic carbocycles. The largest absolute Gasteiger partial charge is 0.503 e. The fourth-order valence-electron chi connectivity index (χ4n) is 6.80. The molecule has 0 aliphatic carbocycles. The number of hydrogen-bond donors (Lipinski definition) is 6. The third-order valence-electron chi connectivity index (χ3n) is 9.35. The molecule has 21 heteroatoms. The van der Waals surface area contributed by atoms with E-state index in [-0.39, 0.29) is 40.6 Å². The van der Waals surface area contributed by atoms with Gasteiger partial charge < -0.3 is 45.8 Å². The van der Waals surface area contributed by atoms with Crippen molar-refractivity contribution >= 4 is 63.6 Å². The number of piperazine rings is 1. The number of aliphatic carboxylic acids is 2. The summed E-state index contributed by atoms with van der Waals surface area (Å²) in [4.78, 5) is 87.5. The van der Waals surface area contributed by atoms with Crippen LogP contribution in [0.15, 0.2) is 38.9 Å². The minimum absolute atomic E-state index is 0.000545. The number of nitrogens with zero attached hydrogens (tertiary/aromatic N) is 6. The van der Waals surface area contributed by atoms with Crippen molar-refractivity contribution in [2.75, 3.05) is 44.2 Å². The Morgan fingerprint density at radius 3 is 2.68 bits per heavy atom. The number of thioether (sulfide) groups is 1. The molecule has 50 heavy (non-hydrogen) atoms. The van der Waals surface area contributed by atoms with Crippen molar-refractivity contribution in [3.8, 4) is 5.75 Å². The third kappa shape index (κ3) is 6.22. The molecule has 7 N–H and O–H groups in total. The molecule has 6 rings (SSSR count). The molecule has 3 saturated heterocycles. The molecule has 4 aliphatic rings. The molecule has 19 nitrogen and oxygen atoms in total. The number of carboxylic acids is 2. The summed E-state index contributed by atoms with van der Waals surface area (Å²) in [6, 6.07) is -0.318. The van der Waals surface area contributed by atoms with Crippen molar-refractivity contribution in [1.29, 1.82) is 0 Å². The second kappa shape index (κ2) is 13.3. The maximum atomic E-state index is 13.5. The predicted octanol–water partition coefficient (Wildman–Crippen LogP) is -1.10.